The molecule has 2 aliphatic rings. The Bertz CT molecular complexity index is 458. The van der Waals surface area contributed by atoms with Crippen LogP contribution in [0.5, 0.6) is 5.75 Å². The maximum atomic E-state index is 11.6. The van der Waals surface area contributed by atoms with Crippen molar-refractivity contribution < 1.29 is 14.3 Å². The van der Waals surface area contributed by atoms with Crippen molar-refractivity contribution in [2.75, 3.05) is 13.7 Å². The van der Waals surface area contributed by atoms with Gasteiger partial charge in [-0.25, -0.2) is 4.79 Å². The van der Waals surface area contributed by atoms with E-state index in [1.54, 1.807) is 6.07 Å². The average molecular weight is 219 g/mol. The van der Waals surface area contributed by atoms with Crippen molar-refractivity contribution in [1.29, 1.82) is 0 Å². The first-order valence-corrected chi connectivity index (χ1v) is 5.33. The van der Waals surface area contributed by atoms with E-state index < -0.39 is 0 Å². The van der Waals surface area contributed by atoms with E-state index in [0.29, 0.717) is 29.8 Å². The second kappa shape index (κ2) is 3.22. The van der Waals surface area contributed by atoms with E-state index in [-0.39, 0.29) is 12.0 Å². The molecular weight excluding hydrogens is 206 g/mol. The monoisotopic (exact) mass is 219 g/mol. The summed E-state index contributed by atoms with van der Waals surface area (Å²) in [5, 5.41) is 0. The molecule has 4 heteroatoms. The highest BCUT2D eigenvalue weighted by Gasteiger charge is 2.53. The van der Waals surface area contributed by atoms with E-state index >= 15 is 0 Å². The minimum atomic E-state index is -0.357. The van der Waals surface area contributed by atoms with Crippen molar-refractivity contribution in [3.63, 3.8) is 0 Å². The Balaban J connectivity index is 2.07. The maximum absolute atomic E-state index is 11.6. The van der Waals surface area contributed by atoms with Gasteiger partial charge in [0.15, 0.2) is 0 Å². The lowest BCUT2D eigenvalue weighted by Gasteiger charge is -2.18. The van der Waals surface area contributed by atoms with Crippen LogP contribution in [0.1, 0.15) is 21.8 Å². The number of benzene rings is 1. The Morgan fingerprint density at radius 3 is 3.12 bits per heavy atom. The molecule has 1 aliphatic carbocycles. The number of fused-ring (bicyclic) bond motifs is 3. The maximum Gasteiger partial charge on any atom is 0.341 e. The molecule has 1 aliphatic heterocycles. The number of hydrogen-bond acceptors (Lipinski definition) is 4. The van der Waals surface area contributed by atoms with Crippen LogP contribution in [0, 0.1) is 5.92 Å². The fraction of sp³-hybridized carbons (Fsp3) is 0.417. The minimum Gasteiger partial charge on any atom is -0.492 e. The molecule has 4 nitrogen and oxygen atoms in total. The molecule has 3 rings (SSSR count). The van der Waals surface area contributed by atoms with E-state index in [1.807, 2.05) is 12.1 Å². The summed E-state index contributed by atoms with van der Waals surface area (Å²) in [6.07, 6.45) is 0. The molecule has 0 bridgehead atoms. The van der Waals surface area contributed by atoms with Gasteiger partial charge in [0, 0.05) is 23.4 Å². The van der Waals surface area contributed by atoms with E-state index in [1.165, 1.54) is 7.11 Å². The molecule has 0 spiro atoms. The molecule has 1 aromatic rings. The third-order valence-corrected chi connectivity index (χ3v) is 3.46. The fourth-order valence-corrected chi connectivity index (χ4v) is 2.48. The molecule has 2 N–H and O–H groups in total. The number of ether oxygens (including phenoxy) is 2. The van der Waals surface area contributed by atoms with Gasteiger partial charge >= 0.3 is 5.97 Å². The summed E-state index contributed by atoms with van der Waals surface area (Å²) in [5.41, 5.74) is 7.49. The zero-order chi connectivity index (χ0) is 11.3. The smallest absolute Gasteiger partial charge is 0.341 e. The van der Waals surface area contributed by atoms with Gasteiger partial charge in [0.1, 0.15) is 11.3 Å². The van der Waals surface area contributed by atoms with Crippen molar-refractivity contribution in [2.24, 2.45) is 11.7 Å². The van der Waals surface area contributed by atoms with Crippen molar-refractivity contribution in [1.82, 2.24) is 0 Å². The Hall–Kier alpha value is -1.55. The first-order chi connectivity index (χ1) is 7.74. The highest BCUT2D eigenvalue weighted by atomic mass is 16.5. The molecule has 16 heavy (non-hydrogen) atoms. The van der Waals surface area contributed by atoms with Crippen LogP contribution < -0.4 is 10.5 Å². The zero-order valence-corrected chi connectivity index (χ0v) is 8.97. The van der Waals surface area contributed by atoms with Crippen LogP contribution in [0.15, 0.2) is 18.2 Å². The second-order valence-electron chi connectivity index (χ2n) is 4.29. The van der Waals surface area contributed by atoms with Crippen LogP contribution in [-0.2, 0) is 4.74 Å². The fourth-order valence-electron chi connectivity index (χ4n) is 2.48. The third-order valence-electron chi connectivity index (χ3n) is 3.46. The number of para-hydroxylation sites is 1. The minimum absolute atomic E-state index is 0.175. The van der Waals surface area contributed by atoms with Crippen molar-refractivity contribution in [3.05, 3.63) is 29.3 Å². The number of nitrogens with two attached hydrogens (primary N) is 1. The number of rotatable bonds is 1. The molecule has 0 saturated heterocycles. The first kappa shape index (κ1) is 9.66. The van der Waals surface area contributed by atoms with Gasteiger partial charge in [-0.3, -0.25) is 0 Å². The topological polar surface area (TPSA) is 61.5 Å². The van der Waals surface area contributed by atoms with Crippen LogP contribution in [0.2, 0.25) is 0 Å². The lowest BCUT2D eigenvalue weighted by atomic mass is 10.0. The predicted molar refractivity (Wildman–Crippen MR) is 57.5 cm³/mol. The molecule has 1 saturated carbocycles. The normalized spacial score (nSPS) is 29.8. The summed E-state index contributed by atoms with van der Waals surface area (Å²) < 4.78 is 10.3. The molecule has 0 radical (unpaired) electrons. The van der Waals surface area contributed by atoms with Crippen LogP contribution in [-0.4, -0.2) is 25.7 Å². The largest absolute Gasteiger partial charge is 0.492 e. The van der Waals surface area contributed by atoms with Crippen molar-refractivity contribution in [3.8, 4) is 5.75 Å². The van der Waals surface area contributed by atoms with Gasteiger partial charge in [-0.15, -0.1) is 0 Å². The molecule has 0 aromatic heterocycles. The lowest BCUT2D eigenvalue weighted by molar-refractivity contribution is 0.0595. The molecule has 84 valence electrons. The molecule has 1 heterocycles. The van der Waals surface area contributed by atoms with Crippen molar-refractivity contribution in [2.45, 2.75) is 12.0 Å². The summed E-state index contributed by atoms with van der Waals surface area (Å²) in [5.74, 6) is 1.07. The van der Waals surface area contributed by atoms with Gasteiger partial charge in [0.25, 0.3) is 0 Å². The zero-order valence-electron chi connectivity index (χ0n) is 8.97. The number of carbonyl (C=O) groups is 1. The highest BCUT2D eigenvalue weighted by Crippen LogP contribution is 2.53. The Morgan fingerprint density at radius 1 is 1.56 bits per heavy atom. The van der Waals surface area contributed by atoms with Gasteiger partial charge in [0.2, 0.25) is 0 Å². The van der Waals surface area contributed by atoms with E-state index in [4.69, 9.17) is 15.2 Å². The standard InChI is InChI=1S/C12H13NO3/c1-15-12(14)7-4-2-3-6-9-8(10(9)13)5-16-11(6)7/h2-4,8-10H,5,13H2,1H3. The van der Waals surface area contributed by atoms with E-state index in [0.717, 1.165) is 5.56 Å². The number of esters is 1. The first-order valence-electron chi connectivity index (χ1n) is 5.33. The van der Waals surface area contributed by atoms with E-state index in [2.05, 4.69) is 0 Å². The van der Waals surface area contributed by atoms with Crippen LogP contribution in [0.4, 0.5) is 0 Å². The Labute approximate surface area is 93.3 Å². The summed E-state index contributed by atoms with van der Waals surface area (Å²) in [6.45, 7) is 0.604. The average Bonchev–Trinajstić information content (AvgIpc) is 2.99. The quantitative estimate of drug-likeness (QED) is 0.713. The Kier molecular flexibility index (Phi) is 1.94. The molecule has 1 aromatic carbocycles. The second-order valence-corrected chi connectivity index (χ2v) is 4.29. The van der Waals surface area contributed by atoms with Gasteiger partial charge in [-0.1, -0.05) is 12.1 Å². The molecule has 1 fully saturated rings. The van der Waals surface area contributed by atoms with Crippen LogP contribution in [0.25, 0.3) is 0 Å². The lowest BCUT2D eigenvalue weighted by Crippen LogP contribution is -2.13. The highest BCUT2D eigenvalue weighted by molar-refractivity contribution is 5.93. The predicted octanol–water partition coefficient (Wildman–Crippen LogP) is 0.906. The third kappa shape index (κ3) is 1.16. The number of carbonyl (C=O) groups excluding carboxylic acids is 1. The van der Waals surface area contributed by atoms with E-state index in [9.17, 15) is 4.79 Å². The molecule has 3 unspecified atom stereocenters. The van der Waals surface area contributed by atoms with Crippen LogP contribution >= 0.6 is 0 Å². The molecular formula is C12H13NO3. The number of hydrogen-bond donors (Lipinski definition) is 1. The van der Waals surface area contributed by atoms with Crippen molar-refractivity contribution >= 4 is 5.97 Å². The van der Waals surface area contributed by atoms with Gasteiger partial charge in [-0.05, 0) is 6.07 Å². The van der Waals surface area contributed by atoms with Gasteiger partial charge in [-0.2, -0.15) is 0 Å². The van der Waals surface area contributed by atoms with Gasteiger partial charge < -0.3 is 15.2 Å². The summed E-state index contributed by atoms with van der Waals surface area (Å²) >= 11 is 0. The van der Waals surface area contributed by atoms with Crippen LogP contribution in [0.3, 0.4) is 0 Å². The van der Waals surface area contributed by atoms with Gasteiger partial charge in [0.05, 0.1) is 13.7 Å². The molecule has 3 atom stereocenters. The summed E-state index contributed by atoms with van der Waals surface area (Å²) in [7, 11) is 1.37. The summed E-state index contributed by atoms with van der Waals surface area (Å²) in [4.78, 5) is 11.6. The Morgan fingerprint density at radius 2 is 2.38 bits per heavy atom. The molecule has 0 amide bonds. The SMILES string of the molecule is COC(=O)c1cccc2c1OCC1C(N)C21. The summed E-state index contributed by atoms with van der Waals surface area (Å²) in [6, 6.07) is 5.72. The number of methoxy groups -OCH3 is 1.